The summed E-state index contributed by atoms with van der Waals surface area (Å²) in [7, 11) is 0. The molecule has 1 spiro atoms. The molecule has 0 radical (unpaired) electrons. The van der Waals surface area contributed by atoms with Gasteiger partial charge in [-0.2, -0.15) is 0 Å². The van der Waals surface area contributed by atoms with Crippen molar-refractivity contribution >= 4 is 38.8 Å². The van der Waals surface area contributed by atoms with Gasteiger partial charge in [0.1, 0.15) is 0 Å². The van der Waals surface area contributed by atoms with Crippen molar-refractivity contribution < 1.29 is 4.74 Å². The van der Waals surface area contributed by atoms with Gasteiger partial charge in [0.15, 0.2) is 0 Å². The molecule has 1 nitrogen and oxygen atoms in total. The van der Waals surface area contributed by atoms with Crippen molar-refractivity contribution in [2.24, 2.45) is 0 Å². The van der Waals surface area contributed by atoms with Gasteiger partial charge in [-0.1, -0.05) is 0 Å². The molecule has 5 rings (SSSR count). The monoisotopic (exact) mass is 526 g/mol. The first-order chi connectivity index (χ1) is 14.8. The second-order valence-corrected chi connectivity index (χ2v) is 12.6. The summed E-state index contributed by atoms with van der Waals surface area (Å²) >= 11 is 0.572. The Hall–Kier alpha value is -1.60. The van der Waals surface area contributed by atoms with Gasteiger partial charge in [-0.3, -0.25) is 0 Å². The number of hydrogen-bond donors (Lipinski definition) is 0. The molecular weight excluding hydrogens is 498 g/mol. The molecule has 2 aliphatic rings. The summed E-state index contributed by atoms with van der Waals surface area (Å²) in [5, 5.41) is 0. The zero-order chi connectivity index (χ0) is 20.2. The van der Waals surface area contributed by atoms with Crippen LogP contribution < -0.4 is 8.92 Å². The van der Waals surface area contributed by atoms with Crippen molar-refractivity contribution in [1.82, 2.24) is 0 Å². The van der Waals surface area contributed by atoms with Crippen LogP contribution in [0.2, 0.25) is 0 Å². The molecule has 152 valence electrons. The van der Waals surface area contributed by atoms with E-state index in [-0.39, 0.29) is 26.7 Å². The Labute approximate surface area is 192 Å². The van der Waals surface area contributed by atoms with Gasteiger partial charge in [-0.15, -0.1) is 0 Å². The van der Waals surface area contributed by atoms with E-state index in [1.165, 1.54) is 46.6 Å². The van der Waals surface area contributed by atoms with E-state index >= 15 is 0 Å². The Morgan fingerprint density at radius 2 is 1.17 bits per heavy atom. The van der Waals surface area contributed by atoms with Gasteiger partial charge in [0.05, 0.1) is 0 Å². The number of ether oxygens (including phenoxy) is 1. The summed E-state index contributed by atoms with van der Waals surface area (Å²) in [4.78, 5) is 0. The molecule has 0 amide bonds. The first-order valence-electron chi connectivity index (χ1n) is 10.8. The standard InChI is InChI=1S/C27H26OSe2/c1-5-13-21(14-6-1)24-25(29-22-15-7-2-8-16-22)26(30-23-17-9-3-10-18-23)27(28-24)19-11-4-12-20-27/h1-3,5-10,13-18,24H,4,11-12,19-20H2. The first-order valence-corrected chi connectivity index (χ1v) is 14.2. The fourth-order valence-electron chi connectivity index (χ4n) is 4.46. The fraction of sp³-hybridized carbons (Fsp3) is 0.259. The molecule has 0 N–H and O–H groups in total. The summed E-state index contributed by atoms with van der Waals surface area (Å²) < 4.78 is 13.2. The normalized spacial score (nSPS) is 20.6. The van der Waals surface area contributed by atoms with Crippen LogP contribution in [0.3, 0.4) is 0 Å². The summed E-state index contributed by atoms with van der Waals surface area (Å²) in [5.41, 5.74) is 1.26. The molecule has 0 aromatic heterocycles. The van der Waals surface area contributed by atoms with Crippen LogP contribution in [0.15, 0.2) is 99.9 Å². The van der Waals surface area contributed by atoms with E-state index in [4.69, 9.17) is 4.74 Å². The molecule has 1 saturated carbocycles. The molecule has 30 heavy (non-hydrogen) atoms. The summed E-state index contributed by atoms with van der Waals surface area (Å²) in [6, 6.07) is 33.0. The molecule has 3 heteroatoms. The molecule has 0 bridgehead atoms. The van der Waals surface area contributed by atoms with Gasteiger partial charge in [-0.25, -0.2) is 0 Å². The van der Waals surface area contributed by atoms with Crippen LogP contribution in [-0.2, 0) is 4.74 Å². The number of hydrogen-bond acceptors (Lipinski definition) is 1. The van der Waals surface area contributed by atoms with E-state index in [1.54, 1.807) is 8.94 Å². The Kier molecular flexibility index (Phi) is 6.27. The summed E-state index contributed by atoms with van der Waals surface area (Å²) in [6.45, 7) is 0. The predicted octanol–water partition coefficient (Wildman–Crippen LogP) is 4.73. The van der Waals surface area contributed by atoms with Crippen LogP contribution in [0.1, 0.15) is 43.8 Å². The van der Waals surface area contributed by atoms with E-state index in [0.717, 1.165) is 0 Å². The van der Waals surface area contributed by atoms with Gasteiger partial charge in [0, 0.05) is 0 Å². The van der Waals surface area contributed by atoms with Gasteiger partial charge < -0.3 is 0 Å². The van der Waals surface area contributed by atoms with Crippen LogP contribution in [0, 0.1) is 0 Å². The first kappa shape index (κ1) is 20.3. The maximum absolute atomic E-state index is 7.10. The molecule has 1 unspecified atom stereocenters. The van der Waals surface area contributed by atoms with Crippen LogP contribution in [0.25, 0.3) is 0 Å². The van der Waals surface area contributed by atoms with Crippen molar-refractivity contribution in [2.45, 2.75) is 43.8 Å². The minimum atomic E-state index is -0.0551. The SMILES string of the molecule is c1ccc([Se]C2=C([Se]c3ccccc3)C3(CCCCC3)OC2c2ccccc2)cc1. The zero-order valence-corrected chi connectivity index (χ0v) is 20.4. The van der Waals surface area contributed by atoms with Gasteiger partial charge in [0.2, 0.25) is 0 Å². The molecule has 1 aliphatic carbocycles. The van der Waals surface area contributed by atoms with E-state index in [9.17, 15) is 0 Å². The van der Waals surface area contributed by atoms with E-state index in [2.05, 4.69) is 91.0 Å². The van der Waals surface area contributed by atoms with Crippen LogP contribution >= 0.6 is 0 Å². The Morgan fingerprint density at radius 3 is 1.77 bits per heavy atom. The maximum atomic E-state index is 7.10. The van der Waals surface area contributed by atoms with E-state index in [0.29, 0.717) is 15.0 Å². The second-order valence-electron chi connectivity index (χ2n) is 7.99. The molecule has 1 aliphatic heterocycles. The summed E-state index contributed by atoms with van der Waals surface area (Å²) in [6.07, 6.45) is 6.35. The quantitative estimate of drug-likeness (QED) is 0.439. The Bertz CT molecular complexity index is 993. The topological polar surface area (TPSA) is 9.23 Å². The summed E-state index contributed by atoms with van der Waals surface area (Å²) in [5.74, 6) is 0. The van der Waals surface area contributed by atoms with Crippen molar-refractivity contribution in [3.63, 3.8) is 0 Å². The zero-order valence-electron chi connectivity index (χ0n) is 17.0. The van der Waals surface area contributed by atoms with Gasteiger partial charge in [-0.05, 0) is 0 Å². The second kappa shape index (κ2) is 9.26. The number of rotatable bonds is 5. The average Bonchev–Trinajstić information content (AvgIpc) is 3.09. The average molecular weight is 524 g/mol. The third kappa shape index (κ3) is 4.24. The van der Waals surface area contributed by atoms with Crippen molar-refractivity contribution in [2.75, 3.05) is 0 Å². The molecule has 3 aromatic carbocycles. The van der Waals surface area contributed by atoms with Gasteiger partial charge >= 0.3 is 193 Å². The number of benzene rings is 3. The molecule has 0 saturated heterocycles. The van der Waals surface area contributed by atoms with E-state index in [1.807, 2.05) is 0 Å². The molecule has 1 atom stereocenters. The van der Waals surface area contributed by atoms with Crippen LogP contribution in [0.4, 0.5) is 0 Å². The van der Waals surface area contributed by atoms with Crippen molar-refractivity contribution in [3.05, 3.63) is 106 Å². The van der Waals surface area contributed by atoms with Gasteiger partial charge in [0.25, 0.3) is 0 Å². The molecule has 1 fully saturated rings. The molecule has 1 heterocycles. The Balaban J connectivity index is 1.63. The van der Waals surface area contributed by atoms with Crippen LogP contribution in [0.5, 0.6) is 0 Å². The van der Waals surface area contributed by atoms with Crippen LogP contribution in [-0.4, -0.2) is 35.5 Å². The van der Waals surface area contributed by atoms with Crippen molar-refractivity contribution in [3.8, 4) is 0 Å². The Morgan fingerprint density at radius 1 is 0.633 bits per heavy atom. The minimum absolute atomic E-state index is 0.0551. The molecule has 3 aromatic rings. The molecular formula is C27H26OSe2. The third-order valence-corrected chi connectivity index (χ3v) is 11.7. The fourth-order valence-corrected chi connectivity index (χ4v) is 10.2. The predicted molar refractivity (Wildman–Crippen MR) is 127 cm³/mol. The third-order valence-electron chi connectivity index (χ3n) is 5.92. The van der Waals surface area contributed by atoms with Crippen molar-refractivity contribution in [1.29, 1.82) is 0 Å². The van der Waals surface area contributed by atoms with E-state index < -0.39 is 0 Å².